The van der Waals surface area contributed by atoms with Crippen LogP contribution in [0.3, 0.4) is 0 Å². The van der Waals surface area contributed by atoms with Gasteiger partial charge in [-0.3, -0.25) is 4.68 Å². The highest BCUT2D eigenvalue weighted by Crippen LogP contribution is 2.22. The van der Waals surface area contributed by atoms with Gasteiger partial charge in [0.1, 0.15) is 0 Å². The smallest absolute Gasteiger partial charge is 0.185 e. The summed E-state index contributed by atoms with van der Waals surface area (Å²) in [5, 5.41) is 5.13. The van der Waals surface area contributed by atoms with Crippen LogP contribution in [-0.4, -0.2) is 21.8 Å². The quantitative estimate of drug-likeness (QED) is 0.861. The van der Waals surface area contributed by atoms with Crippen LogP contribution in [0.1, 0.15) is 10.4 Å². The monoisotopic (exact) mass is 237 g/mol. The fourth-order valence-electron chi connectivity index (χ4n) is 1.46. The second kappa shape index (κ2) is 4.63. The molecule has 0 spiro atoms. The number of nitrogens with two attached hydrogens (primary N) is 1. The fraction of sp³-hybridized carbons (Fsp3) is 0.400. The molecule has 0 saturated heterocycles. The van der Waals surface area contributed by atoms with Gasteiger partial charge in [-0.15, -0.1) is 11.3 Å². The Bertz CT molecular complexity index is 461. The predicted octanol–water partition coefficient (Wildman–Crippen LogP) is 0.972. The number of aromatic nitrogens is 3. The first-order valence-corrected chi connectivity index (χ1v) is 5.84. The lowest BCUT2D eigenvalue weighted by atomic mass is 10.3. The molecule has 86 valence electrons. The second-order valence-corrected chi connectivity index (χ2v) is 4.79. The number of aryl methyl sites for hydroxylation is 1. The highest BCUT2D eigenvalue weighted by molar-refractivity contribution is 7.15. The zero-order chi connectivity index (χ0) is 11.5. The SMILES string of the molecule is CN(Cc1cnn(C)c1)c1ncc(CN)s1. The number of hydrogen-bond acceptors (Lipinski definition) is 5. The Kier molecular flexibility index (Phi) is 3.21. The minimum Gasteiger partial charge on any atom is -0.347 e. The minimum atomic E-state index is 0.554. The molecule has 0 saturated carbocycles. The van der Waals surface area contributed by atoms with Crippen LogP contribution in [0.25, 0.3) is 0 Å². The van der Waals surface area contributed by atoms with Crippen LogP contribution < -0.4 is 10.6 Å². The van der Waals surface area contributed by atoms with Gasteiger partial charge in [0, 0.05) is 50.0 Å². The third-order valence-electron chi connectivity index (χ3n) is 2.25. The summed E-state index contributed by atoms with van der Waals surface area (Å²) in [6.07, 6.45) is 5.71. The number of anilines is 1. The van der Waals surface area contributed by atoms with Crippen LogP contribution in [0.2, 0.25) is 0 Å². The predicted molar refractivity (Wildman–Crippen MR) is 65.3 cm³/mol. The molecule has 0 aliphatic rings. The Labute approximate surface area is 98.5 Å². The van der Waals surface area contributed by atoms with E-state index in [0.29, 0.717) is 6.54 Å². The molecule has 2 aromatic rings. The zero-order valence-electron chi connectivity index (χ0n) is 9.42. The summed E-state index contributed by atoms with van der Waals surface area (Å²) in [5.41, 5.74) is 6.73. The van der Waals surface area contributed by atoms with Gasteiger partial charge in [-0.25, -0.2) is 4.98 Å². The summed E-state index contributed by atoms with van der Waals surface area (Å²) in [6.45, 7) is 1.36. The van der Waals surface area contributed by atoms with E-state index < -0.39 is 0 Å². The maximum atomic E-state index is 5.56. The first-order valence-electron chi connectivity index (χ1n) is 5.02. The van der Waals surface area contributed by atoms with Gasteiger partial charge in [0.15, 0.2) is 5.13 Å². The van der Waals surface area contributed by atoms with Gasteiger partial charge in [0.25, 0.3) is 0 Å². The Morgan fingerprint density at radius 3 is 2.88 bits per heavy atom. The molecule has 0 bridgehead atoms. The molecular formula is C10H15N5S. The molecular weight excluding hydrogens is 222 g/mol. The van der Waals surface area contributed by atoms with Crippen LogP contribution in [0.4, 0.5) is 5.13 Å². The second-order valence-electron chi connectivity index (χ2n) is 3.69. The topological polar surface area (TPSA) is 60.0 Å². The zero-order valence-corrected chi connectivity index (χ0v) is 10.2. The van der Waals surface area contributed by atoms with Gasteiger partial charge in [-0.05, 0) is 0 Å². The molecule has 6 heteroatoms. The average molecular weight is 237 g/mol. The molecule has 2 aromatic heterocycles. The molecule has 0 radical (unpaired) electrons. The molecule has 5 nitrogen and oxygen atoms in total. The standard InChI is InChI=1S/C10H15N5S/c1-14(6-8-4-13-15(2)7-8)10-12-5-9(3-11)16-10/h4-5,7H,3,6,11H2,1-2H3. The van der Waals surface area contributed by atoms with Crippen molar-refractivity contribution in [3.05, 3.63) is 29.0 Å². The Morgan fingerprint density at radius 2 is 2.31 bits per heavy atom. The van der Waals surface area contributed by atoms with Gasteiger partial charge in [-0.1, -0.05) is 0 Å². The highest BCUT2D eigenvalue weighted by atomic mass is 32.1. The van der Waals surface area contributed by atoms with E-state index in [9.17, 15) is 0 Å². The number of hydrogen-bond donors (Lipinski definition) is 1. The van der Waals surface area contributed by atoms with Crippen molar-refractivity contribution in [2.75, 3.05) is 11.9 Å². The highest BCUT2D eigenvalue weighted by Gasteiger charge is 2.07. The largest absolute Gasteiger partial charge is 0.347 e. The van der Waals surface area contributed by atoms with E-state index >= 15 is 0 Å². The van der Waals surface area contributed by atoms with Crippen LogP contribution in [0, 0.1) is 0 Å². The molecule has 0 unspecified atom stereocenters. The van der Waals surface area contributed by atoms with Crippen molar-refractivity contribution in [3.63, 3.8) is 0 Å². The van der Waals surface area contributed by atoms with Crippen molar-refractivity contribution >= 4 is 16.5 Å². The van der Waals surface area contributed by atoms with Crippen LogP contribution in [0.15, 0.2) is 18.6 Å². The number of nitrogens with zero attached hydrogens (tertiary/aromatic N) is 4. The van der Waals surface area contributed by atoms with Gasteiger partial charge in [0.2, 0.25) is 0 Å². The van der Waals surface area contributed by atoms with Crippen LogP contribution in [-0.2, 0) is 20.1 Å². The molecule has 16 heavy (non-hydrogen) atoms. The normalized spacial score (nSPS) is 10.7. The van der Waals surface area contributed by atoms with Crippen molar-refractivity contribution < 1.29 is 0 Å². The lowest BCUT2D eigenvalue weighted by molar-refractivity contribution is 0.766. The van der Waals surface area contributed by atoms with E-state index in [2.05, 4.69) is 15.0 Å². The Balaban J connectivity index is 2.05. The van der Waals surface area contributed by atoms with E-state index in [-0.39, 0.29) is 0 Å². The first kappa shape index (κ1) is 11.1. The summed E-state index contributed by atoms with van der Waals surface area (Å²) >= 11 is 1.63. The van der Waals surface area contributed by atoms with Crippen molar-refractivity contribution in [1.82, 2.24) is 14.8 Å². The van der Waals surface area contributed by atoms with Gasteiger partial charge in [-0.2, -0.15) is 5.10 Å². The number of rotatable bonds is 4. The summed E-state index contributed by atoms with van der Waals surface area (Å²) < 4.78 is 1.80. The molecule has 2 rings (SSSR count). The van der Waals surface area contributed by atoms with Crippen molar-refractivity contribution in [2.24, 2.45) is 12.8 Å². The molecule has 2 heterocycles. The van der Waals surface area contributed by atoms with Gasteiger partial charge in [0.05, 0.1) is 6.20 Å². The molecule has 0 aliphatic heterocycles. The van der Waals surface area contributed by atoms with Crippen LogP contribution in [0.5, 0.6) is 0 Å². The van der Waals surface area contributed by atoms with E-state index in [1.165, 1.54) is 5.56 Å². The van der Waals surface area contributed by atoms with Crippen LogP contribution >= 0.6 is 11.3 Å². The summed E-state index contributed by atoms with van der Waals surface area (Å²) in [5.74, 6) is 0. The third kappa shape index (κ3) is 2.40. The van der Waals surface area contributed by atoms with E-state index in [4.69, 9.17) is 5.73 Å². The Hall–Kier alpha value is -1.40. The summed E-state index contributed by atoms with van der Waals surface area (Å²) in [4.78, 5) is 7.53. The van der Waals surface area contributed by atoms with E-state index in [1.54, 1.807) is 16.0 Å². The summed E-state index contributed by atoms with van der Waals surface area (Å²) in [7, 11) is 3.94. The van der Waals surface area contributed by atoms with Gasteiger partial charge >= 0.3 is 0 Å². The third-order valence-corrected chi connectivity index (χ3v) is 3.38. The molecule has 2 N–H and O–H groups in total. The molecule has 0 atom stereocenters. The lowest BCUT2D eigenvalue weighted by Gasteiger charge is -2.13. The lowest BCUT2D eigenvalue weighted by Crippen LogP contribution is -2.15. The summed E-state index contributed by atoms with van der Waals surface area (Å²) in [6, 6.07) is 0. The number of thiazole rings is 1. The molecule has 0 aliphatic carbocycles. The maximum Gasteiger partial charge on any atom is 0.185 e. The van der Waals surface area contributed by atoms with Crippen molar-refractivity contribution in [1.29, 1.82) is 0 Å². The molecule has 0 amide bonds. The van der Waals surface area contributed by atoms with Gasteiger partial charge < -0.3 is 10.6 Å². The Morgan fingerprint density at radius 1 is 1.50 bits per heavy atom. The molecule has 0 aromatic carbocycles. The minimum absolute atomic E-state index is 0.554. The van der Waals surface area contributed by atoms with Crippen molar-refractivity contribution in [2.45, 2.75) is 13.1 Å². The average Bonchev–Trinajstić information content (AvgIpc) is 2.87. The van der Waals surface area contributed by atoms with E-state index in [1.807, 2.05) is 32.7 Å². The fourth-order valence-corrected chi connectivity index (χ4v) is 2.21. The maximum absolute atomic E-state index is 5.56. The van der Waals surface area contributed by atoms with E-state index in [0.717, 1.165) is 16.6 Å². The van der Waals surface area contributed by atoms with Crippen molar-refractivity contribution in [3.8, 4) is 0 Å². The first-order chi connectivity index (χ1) is 7.69. The molecule has 0 fully saturated rings.